The lowest BCUT2D eigenvalue weighted by molar-refractivity contribution is 0.167. The van der Waals surface area contributed by atoms with Crippen LogP contribution >= 0.6 is 0 Å². The molecule has 0 amide bonds. The van der Waals surface area contributed by atoms with Crippen molar-refractivity contribution in [2.24, 2.45) is 0 Å². The normalized spacial score (nSPS) is 21.2. The summed E-state index contributed by atoms with van der Waals surface area (Å²) in [6, 6.07) is 19.2. The first-order valence-electron chi connectivity index (χ1n) is 12.4. The zero-order chi connectivity index (χ0) is 22.9. The number of fused-ring (bicyclic) bond motifs is 1. The number of aromatic nitrogens is 3. The molecule has 2 fully saturated rings. The maximum Gasteiger partial charge on any atom is 0.146 e. The number of nitrogen functional groups attached to an aromatic ring is 1. The van der Waals surface area contributed by atoms with Gasteiger partial charge in [0.2, 0.25) is 0 Å². The van der Waals surface area contributed by atoms with Gasteiger partial charge in [0, 0.05) is 23.8 Å². The average Bonchev–Trinajstić information content (AvgIpc) is 3.55. The van der Waals surface area contributed by atoms with Crippen molar-refractivity contribution in [3.63, 3.8) is 0 Å². The van der Waals surface area contributed by atoms with E-state index in [9.17, 15) is 0 Å². The molecule has 1 saturated heterocycles. The number of ether oxygens (including phenoxy) is 1. The number of nitrogens with two attached hydrogens (primary N) is 1. The van der Waals surface area contributed by atoms with Gasteiger partial charge in [-0.3, -0.25) is 0 Å². The molecule has 1 aliphatic heterocycles. The molecule has 1 saturated carbocycles. The maximum atomic E-state index is 6.38. The summed E-state index contributed by atoms with van der Waals surface area (Å²) in [4.78, 5) is 11.7. The van der Waals surface area contributed by atoms with Gasteiger partial charge in [-0.05, 0) is 81.4 Å². The Morgan fingerprint density at radius 3 is 2.21 bits per heavy atom. The molecular formula is C28H31N5O. The van der Waals surface area contributed by atoms with Gasteiger partial charge in [-0.25, -0.2) is 9.97 Å². The molecule has 0 unspecified atom stereocenters. The molecule has 2 aromatic carbocycles. The lowest BCUT2D eigenvalue weighted by atomic mass is 9.90. The van der Waals surface area contributed by atoms with Crippen molar-refractivity contribution in [3.8, 4) is 22.6 Å². The summed E-state index contributed by atoms with van der Waals surface area (Å²) in [6.07, 6.45) is 11.4. The number of hydrogen-bond acceptors (Lipinski definition) is 5. The average molecular weight is 454 g/mol. The summed E-state index contributed by atoms with van der Waals surface area (Å²) >= 11 is 0. The number of para-hydroxylation sites is 1. The van der Waals surface area contributed by atoms with E-state index in [0.717, 1.165) is 39.7 Å². The molecule has 0 spiro atoms. The Labute approximate surface area is 200 Å². The van der Waals surface area contributed by atoms with Crippen LogP contribution in [0.4, 0.5) is 5.82 Å². The van der Waals surface area contributed by atoms with E-state index in [-0.39, 0.29) is 0 Å². The predicted octanol–water partition coefficient (Wildman–Crippen LogP) is 6.05. The first-order valence-corrected chi connectivity index (χ1v) is 12.4. The van der Waals surface area contributed by atoms with Gasteiger partial charge in [-0.2, -0.15) is 0 Å². The van der Waals surface area contributed by atoms with E-state index in [1.54, 1.807) is 6.33 Å². The SMILES string of the molecule is Nc1ncnc2c1c(-c1ccc(Oc3ccccc3)cc1)cn2C1CCC(N2CCCC2)CC1. The lowest BCUT2D eigenvalue weighted by Gasteiger charge is -2.35. The predicted molar refractivity (Wildman–Crippen MR) is 136 cm³/mol. The number of anilines is 1. The molecule has 6 nitrogen and oxygen atoms in total. The smallest absolute Gasteiger partial charge is 0.146 e. The van der Waals surface area contributed by atoms with Crippen LogP contribution in [0.3, 0.4) is 0 Å². The quantitative estimate of drug-likeness (QED) is 0.398. The highest BCUT2D eigenvalue weighted by Gasteiger charge is 2.29. The van der Waals surface area contributed by atoms with E-state index in [1.807, 2.05) is 42.5 Å². The van der Waals surface area contributed by atoms with E-state index in [1.165, 1.54) is 51.6 Å². The van der Waals surface area contributed by atoms with E-state index < -0.39 is 0 Å². The second kappa shape index (κ2) is 9.11. The standard InChI is InChI=1S/C28H31N5O/c29-27-26-25(20-8-14-24(15-9-20)34-23-6-2-1-3-7-23)18-33(28(26)31-19-30-27)22-12-10-21(11-13-22)32-16-4-5-17-32/h1-3,6-9,14-15,18-19,21-22H,4-5,10-13,16-17H2,(H2,29,30,31). The number of likely N-dealkylation sites (tertiary alicyclic amines) is 1. The molecule has 0 radical (unpaired) electrons. The summed E-state index contributed by atoms with van der Waals surface area (Å²) in [5, 5.41) is 0.945. The van der Waals surface area contributed by atoms with E-state index in [0.29, 0.717) is 11.9 Å². The number of hydrogen-bond donors (Lipinski definition) is 1. The third-order valence-electron chi connectivity index (χ3n) is 7.50. The highest BCUT2D eigenvalue weighted by atomic mass is 16.5. The molecule has 6 rings (SSSR count). The molecule has 0 atom stereocenters. The number of rotatable bonds is 5. The highest BCUT2D eigenvalue weighted by molar-refractivity contribution is 6.00. The van der Waals surface area contributed by atoms with Crippen molar-refractivity contribution in [3.05, 3.63) is 67.1 Å². The van der Waals surface area contributed by atoms with Gasteiger partial charge in [0.05, 0.1) is 5.39 Å². The Morgan fingerprint density at radius 1 is 0.794 bits per heavy atom. The fourth-order valence-corrected chi connectivity index (χ4v) is 5.74. The topological polar surface area (TPSA) is 69.2 Å². The summed E-state index contributed by atoms with van der Waals surface area (Å²) in [6.45, 7) is 2.55. The minimum Gasteiger partial charge on any atom is -0.457 e. The van der Waals surface area contributed by atoms with Crippen molar-refractivity contribution >= 4 is 16.9 Å². The van der Waals surface area contributed by atoms with Gasteiger partial charge in [-0.15, -0.1) is 0 Å². The third-order valence-corrected chi connectivity index (χ3v) is 7.50. The zero-order valence-electron chi connectivity index (χ0n) is 19.4. The van der Waals surface area contributed by atoms with E-state index in [4.69, 9.17) is 10.5 Å². The van der Waals surface area contributed by atoms with Crippen LogP contribution in [0.5, 0.6) is 11.5 Å². The fraction of sp³-hybridized carbons (Fsp3) is 0.357. The summed E-state index contributed by atoms with van der Waals surface area (Å²) < 4.78 is 8.33. The molecule has 2 aliphatic rings. The van der Waals surface area contributed by atoms with Crippen LogP contribution in [-0.4, -0.2) is 38.6 Å². The minimum atomic E-state index is 0.449. The largest absolute Gasteiger partial charge is 0.457 e. The first kappa shape index (κ1) is 21.2. The van der Waals surface area contributed by atoms with Gasteiger partial charge in [0.15, 0.2) is 0 Å². The van der Waals surface area contributed by atoms with Gasteiger partial charge < -0.3 is 19.9 Å². The van der Waals surface area contributed by atoms with E-state index >= 15 is 0 Å². The van der Waals surface area contributed by atoms with Crippen molar-refractivity contribution in [1.82, 2.24) is 19.4 Å². The molecule has 3 heterocycles. The Morgan fingerprint density at radius 2 is 1.47 bits per heavy atom. The number of nitrogens with zero attached hydrogens (tertiary/aromatic N) is 4. The second-order valence-electron chi connectivity index (χ2n) is 9.55. The minimum absolute atomic E-state index is 0.449. The third kappa shape index (κ3) is 4.03. The van der Waals surface area contributed by atoms with Gasteiger partial charge in [-0.1, -0.05) is 30.3 Å². The Hall–Kier alpha value is -3.38. The number of benzene rings is 2. The first-order chi connectivity index (χ1) is 16.8. The van der Waals surface area contributed by atoms with E-state index in [2.05, 4.69) is 37.8 Å². The van der Waals surface area contributed by atoms with Crippen LogP contribution in [-0.2, 0) is 0 Å². The zero-order valence-corrected chi connectivity index (χ0v) is 19.4. The van der Waals surface area contributed by atoms with Crippen LogP contribution in [0, 0.1) is 0 Å². The van der Waals surface area contributed by atoms with Crippen molar-refractivity contribution in [2.45, 2.75) is 50.6 Å². The van der Waals surface area contributed by atoms with Crippen LogP contribution in [0.2, 0.25) is 0 Å². The van der Waals surface area contributed by atoms with Crippen LogP contribution in [0.1, 0.15) is 44.6 Å². The van der Waals surface area contributed by atoms with Crippen LogP contribution in [0.25, 0.3) is 22.2 Å². The monoisotopic (exact) mass is 453 g/mol. The molecule has 6 heteroatoms. The Kier molecular flexibility index (Phi) is 5.67. The molecule has 2 N–H and O–H groups in total. The Bertz CT molecular complexity index is 1250. The second-order valence-corrected chi connectivity index (χ2v) is 9.55. The summed E-state index contributed by atoms with van der Waals surface area (Å²) in [5.74, 6) is 2.17. The lowest BCUT2D eigenvalue weighted by Crippen LogP contribution is -2.36. The maximum absolute atomic E-state index is 6.38. The fourth-order valence-electron chi connectivity index (χ4n) is 5.74. The van der Waals surface area contributed by atoms with Crippen molar-refractivity contribution in [2.75, 3.05) is 18.8 Å². The van der Waals surface area contributed by atoms with Crippen molar-refractivity contribution < 1.29 is 4.74 Å². The molecular weight excluding hydrogens is 422 g/mol. The van der Waals surface area contributed by atoms with Crippen LogP contribution < -0.4 is 10.5 Å². The summed E-state index contributed by atoms with van der Waals surface area (Å²) in [7, 11) is 0. The Balaban J connectivity index is 1.28. The molecule has 0 bridgehead atoms. The molecule has 4 aromatic rings. The molecule has 34 heavy (non-hydrogen) atoms. The highest BCUT2D eigenvalue weighted by Crippen LogP contribution is 2.39. The molecule has 174 valence electrons. The van der Waals surface area contributed by atoms with Gasteiger partial charge in [0.25, 0.3) is 0 Å². The molecule has 1 aliphatic carbocycles. The van der Waals surface area contributed by atoms with Gasteiger partial charge >= 0.3 is 0 Å². The van der Waals surface area contributed by atoms with Crippen molar-refractivity contribution in [1.29, 1.82) is 0 Å². The van der Waals surface area contributed by atoms with Crippen LogP contribution in [0.15, 0.2) is 67.1 Å². The van der Waals surface area contributed by atoms with Gasteiger partial charge in [0.1, 0.15) is 29.3 Å². The molecule has 2 aromatic heterocycles. The summed E-state index contributed by atoms with van der Waals surface area (Å²) in [5.41, 5.74) is 9.50.